The lowest BCUT2D eigenvalue weighted by Crippen LogP contribution is -2.28. The van der Waals surface area contributed by atoms with Crippen molar-refractivity contribution in [2.24, 2.45) is 0 Å². The molecule has 0 aliphatic carbocycles. The molecule has 0 bridgehead atoms. The number of imidazole rings is 1. The molecule has 0 aliphatic heterocycles. The maximum Gasteiger partial charge on any atom is 0.251 e. The molecule has 1 aromatic heterocycles. The highest BCUT2D eigenvalue weighted by atomic mass is 19.2. The summed E-state index contributed by atoms with van der Waals surface area (Å²) in [7, 11) is 0. The summed E-state index contributed by atoms with van der Waals surface area (Å²) in [6, 6.07) is 18.9. The summed E-state index contributed by atoms with van der Waals surface area (Å²) in [6.45, 7) is 2.38. The number of carbonyl (C=O) groups is 1. The Balaban J connectivity index is 1.54. The number of benzene rings is 3. The van der Waals surface area contributed by atoms with Gasteiger partial charge in [0.15, 0.2) is 11.6 Å². The normalized spacial score (nSPS) is 12.1. The fourth-order valence-corrected chi connectivity index (χ4v) is 3.51. The van der Waals surface area contributed by atoms with Crippen LogP contribution in [0.15, 0.2) is 73.1 Å². The number of amides is 1. The molecule has 0 unspecified atom stereocenters. The van der Waals surface area contributed by atoms with Crippen molar-refractivity contribution in [3.63, 3.8) is 0 Å². The summed E-state index contributed by atoms with van der Waals surface area (Å²) < 4.78 is 28.5. The van der Waals surface area contributed by atoms with Crippen LogP contribution in [0.3, 0.4) is 0 Å². The topological polar surface area (TPSA) is 46.9 Å². The Kier molecular flexibility index (Phi) is 5.57. The molecule has 152 valence electrons. The van der Waals surface area contributed by atoms with Gasteiger partial charge < -0.3 is 9.88 Å². The lowest BCUT2D eigenvalue weighted by Gasteiger charge is -2.17. The van der Waals surface area contributed by atoms with E-state index in [9.17, 15) is 13.6 Å². The van der Waals surface area contributed by atoms with Crippen LogP contribution in [0, 0.1) is 11.6 Å². The van der Waals surface area contributed by atoms with Gasteiger partial charge in [0.2, 0.25) is 0 Å². The lowest BCUT2D eigenvalue weighted by molar-refractivity contribution is 0.0935. The number of halogens is 2. The average molecular weight is 405 g/mol. The van der Waals surface area contributed by atoms with Crippen molar-refractivity contribution in [2.75, 3.05) is 0 Å². The van der Waals surface area contributed by atoms with Gasteiger partial charge in [-0.2, -0.15) is 0 Å². The number of hydrogen-bond donors (Lipinski definition) is 1. The van der Waals surface area contributed by atoms with E-state index in [1.54, 1.807) is 24.5 Å². The van der Waals surface area contributed by atoms with Gasteiger partial charge in [0.05, 0.1) is 23.4 Å². The van der Waals surface area contributed by atoms with Crippen LogP contribution < -0.4 is 5.32 Å². The minimum absolute atomic E-state index is 0.0691. The summed E-state index contributed by atoms with van der Waals surface area (Å²) >= 11 is 0. The molecule has 1 N–H and O–H groups in total. The van der Waals surface area contributed by atoms with Gasteiger partial charge in [-0.05, 0) is 47.9 Å². The molecule has 1 amide bonds. The molecule has 0 aliphatic rings. The van der Waals surface area contributed by atoms with Crippen LogP contribution in [0.4, 0.5) is 8.78 Å². The zero-order valence-corrected chi connectivity index (χ0v) is 16.5. The van der Waals surface area contributed by atoms with E-state index in [2.05, 4.69) is 10.3 Å². The summed E-state index contributed by atoms with van der Waals surface area (Å²) in [6.07, 6.45) is 2.41. The van der Waals surface area contributed by atoms with Crippen molar-refractivity contribution in [3.8, 4) is 0 Å². The van der Waals surface area contributed by atoms with Crippen LogP contribution in [-0.4, -0.2) is 15.5 Å². The molecule has 30 heavy (non-hydrogen) atoms. The largest absolute Gasteiger partial charge is 0.345 e. The van der Waals surface area contributed by atoms with E-state index >= 15 is 0 Å². The van der Waals surface area contributed by atoms with E-state index < -0.39 is 11.6 Å². The van der Waals surface area contributed by atoms with E-state index in [1.165, 1.54) is 6.07 Å². The third-order valence-electron chi connectivity index (χ3n) is 5.14. The van der Waals surface area contributed by atoms with Gasteiger partial charge in [-0.1, -0.05) is 43.3 Å². The van der Waals surface area contributed by atoms with Crippen molar-refractivity contribution < 1.29 is 13.6 Å². The third-order valence-corrected chi connectivity index (χ3v) is 5.14. The summed E-state index contributed by atoms with van der Waals surface area (Å²) in [4.78, 5) is 17.1. The first-order valence-electron chi connectivity index (χ1n) is 9.79. The molecular formula is C24H21F2N3O. The minimum atomic E-state index is -0.875. The van der Waals surface area contributed by atoms with Gasteiger partial charge in [0.1, 0.15) is 0 Å². The number of rotatable bonds is 6. The van der Waals surface area contributed by atoms with Crippen LogP contribution in [0.5, 0.6) is 0 Å². The number of carbonyl (C=O) groups excluding carboxylic acids is 1. The molecule has 1 atom stereocenters. The first-order chi connectivity index (χ1) is 14.5. The van der Waals surface area contributed by atoms with Crippen LogP contribution in [0.2, 0.25) is 0 Å². The van der Waals surface area contributed by atoms with E-state index in [4.69, 9.17) is 0 Å². The second-order valence-corrected chi connectivity index (χ2v) is 7.17. The van der Waals surface area contributed by atoms with E-state index in [0.29, 0.717) is 23.2 Å². The molecule has 4 nitrogen and oxygen atoms in total. The fraction of sp³-hybridized carbons (Fsp3) is 0.167. The van der Waals surface area contributed by atoms with E-state index in [0.717, 1.165) is 23.6 Å². The fourth-order valence-electron chi connectivity index (χ4n) is 3.51. The molecule has 0 fully saturated rings. The molecular weight excluding hydrogens is 384 g/mol. The first-order valence-corrected chi connectivity index (χ1v) is 9.79. The lowest BCUT2D eigenvalue weighted by atomic mass is 10.0. The first kappa shape index (κ1) is 19.8. The van der Waals surface area contributed by atoms with E-state index in [1.807, 2.05) is 47.9 Å². The standard InChI is InChI=1S/C24H21F2N3O/c1-2-21(17-6-4-3-5-7-17)28-24(30)18-9-11-23-22(13-18)27-15-29(23)14-16-8-10-19(25)20(26)12-16/h3-13,15,21H,2,14H2,1H3,(H,28,30)/t21-/m1/s1. The Labute approximate surface area is 173 Å². The number of aromatic nitrogens is 2. The average Bonchev–Trinajstić information content (AvgIpc) is 3.17. The molecule has 3 aromatic carbocycles. The predicted molar refractivity (Wildman–Crippen MR) is 112 cm³/mol. The smallest absolute Gasteiger partial charge is 0.251 e. The number of fused-ring (bicyclic) bond motifs is 1. The number of hydrogen-bond acceptors (Lipinski definition) is 2. The summed E-state index contributed by atoms with van der Waals surface area (Å²) in [5, 5.41) is 3.07. The van der Waals surface area contributed by atoms with Crippen molar-refractivity contribution in [3.05, 3.63) is 101 Å². The Morgan fingerprint density at radius 1 is 1.03 bits per heavy atom. The zero-order valence-electron chi connectivity index (χ0n) is 16.5. The van der Waals surface area contributed by atoms with E-state index in [-0.39, 0.29) is 11.9 Å². The molecule has 4 rings (SSSR count). The highest BCUT2D eigenvalue weighted by Gasteiger charge is 2.15. The molecule has 6 heteroatoms. The van der Waals surface area contributed by atoms with Crippen LogP contribution in [0.25, 0.3) is 11.0 Å². The minimum Gasteiger partial charge on any atom is -0.345 e. The van der Waals surface area contributed by atoms with Crippen molar-refractivity contribution in [1.82, 2.24) is 14.9 Å². The third kappa shape index (κ3) is 4.08. The van der Waals surface area contributed by atoms with Crippen molar-refractivity contribution in [2.45, 2.75) is 25.9 Å². The quantitative estimate of drug-likeness (QED) is 0.477. The SMILES string of the molecule is CC[C@@H](NC(=O)c1ccc2c(c1)ncn2Cc1ccc(F)c(F)c1)c1ccccc1. The van der Waals surface area contributed by atoms with Gasteiger partial charge in [0.25, 0.3) is 5.91 Å². The molecule has 0 radical (unpaired) electrons. The number of nitrogens with zero attached hydrogens (tertiary/aromatic N) is 2. The van der Waals surface area contributed by atoms with Crippen molar-refractivity contribution in [1.29, 1.82) is 0 Å². The predicted octanol–water partition coefficient (Wildman–Crippen LogP) is 5.24. The molecule has 1 heterocycles. The number of nitrogens with one attached hydrogen (secondary N) is 1. The molecule has 0 spiro atoms. The Hall–Kier alpha value is -3.54. The van der Waals surface area contributed by atoms with Crippen LogP contribution in [0.1, 0.15) is 40.9 Å². The maximum absolute atomic E-state index is 13.5. The Morgan fingerprint density at radius 3 is 2.57 bits per heavy atom. The summed E-state index contributed by atoms with van der Waals surface area (Å²) in [5.41, 5.74) is 3.69. The van der Waals surface area contributed by atoms with Crippen LogP contribution in [-0.2, 0) is 6.54 Å². The van der Waals surface area contributed by atoms with Gasteiger partial charge in [-0.15, -0.1) is 0 Å². The molecule has 4 aromatic rings. The highest BCUT2D eigenvalue weighted by molar-refractivity contribution is 5.97. The van der Waals surface area contributed by atoms with Gasteiger partial charge in [0, 0.05) is 12.1 Å². The second-order valence-electron chi connectivity index (χ2n) is 7.17. The molecule has 0 saturated carbocycles. The Bertz CT molecular complexity index is 1190. The zero-order chi connectivity index (χ0) is 21.1. The summed E-state index contributed by atoms with van der Waals surface area (Å²) in [5.74, 6) is -1.91. The van der Waals surface area contributed by atoms with Gasteiger partial charge in [-0.3, -0.25) is 4.79 Å². The van der Waals surface area contributed by atoms with Gasteiger partial charge in [-0.25, -0.2) is 13.8 Å². The van der Waals surface area contributed by atoms with Gasteiger partial charge >= 0.3 is 0 Å². The maximum atomic E-state index is 13.5. The second kappa shape index (κ2) is 8.45. The molecule has 0 saturated heterocycles. The van der Waals surface area contributed by atoms with Crippen LogP contribution >= 0.6 is 0 Å². The van der Waals surface area contributed by atoms with Crippen molar-refractivity contribution >= 4 is 16.9 Å². The monoisotopic (exact) mass is 405 g/mol. The Morgan fingerprint density at radius 2 is 1.83 bits per heavy atom. The highest BCUT2D eigenvalue weighted by Crippen LogP contribution is 2.20.